The van der Waals surface area contributed by atoms with Gasteiger partial charge in [0.1, 0.15) is 0 Å². The van der Waals surface area contributed by atoms with E-state index in [-0.39, 0.29) is 5.91 Å². The zero-order valence-corrected chi connectivity index (χ0v) is 14.4. The van der Waals surface area contributed by atoms with Gasteiger partial charge in [-0.2, -0.15) is 0 Å². The molecule has 0 aliphatic carbocycles. The summed E-state index contributed by atoms with van der Waals surface area (Å²) < 4.78 is 1.18. The molecule has 2 aromatic rings. The SMILES string of the molecule is Cc1c(C(=O)NCC(C(C)C)C(C)C)sc2ccccc12. The van der Waals surface area contributed by atoms with Crippen LogP contribution >= 0.6 is 11.3 Å². The maximum Gasteiger partial charge on any atom is 0.261 e. The maximum atomic E-state index is 12.5. The van der Waals surface area contributed by atoms with Gasteiger partial charge in [0.25, 0.3) is 5.91 Å². The summed E-state index contributed by atoms with van der Waals surface area (Å²) in [5, 5.41) is 4.33. The summed E-state index contributed by atoms with van der Waals surface area (Å²) in [5.74, 6) is 1.74. The standard InChI is InChI=1S/C18H25NOS/c1-11(2)15(12(3)4)10-19-18(20)17-13(5)14-8-6-7-9-16(14)21-17/h6-9,11-12,15H,10H2,1-5H3,(H,19,20). The monoisotopic (exact) mass is 303 g/mol. The predicted octanol–water partition coefficient (Wildman–Crippen LogP) is 4.87. The first-order valence-electron chi connectivity index (χ1n) is 7.68. The van der Waals surface area contributed by atoms with Crippen molar-refractivity contribution in [2.24, 2.45) is 17.8 Å². The van der Waals surface area contributed by atoms with Gasteiger partial charge >= 0.3 is 0 Å². The van der Waals surface area contributed by atoms with Gasteiger partial charge in [-0.05, 0) is 41.7 Å². The summed E-state index contributed by atoms with van der Waals surface area (Å²) in [6.07, 6.45) is 0. The largest absolute Gasteiger partial charge is 0.351 e. The van der Waals surface area contributed by atoms with Gasteiger partial charge in [0, 0.05) is 11.2 Å². The Morgan fingerprint density at radius 2 is 1.76 bits per heavy atom. The molecule has 21 heavy (non-hydrogen) atoms. The van der Waals surface area contributed by atoms with E-state index in [9.17, 15) is 4.79 Å². The normalized spacial score (nSPS) is 11.8. The van der Waals surface area contributed by atoms with Crippen molar-refractivity contribution >= 4 is 27.3 Å². The first kappa shape index (κ1) is 16.0. The van der Waals surface area contributed by atoms with Crippen molar-refractivity contribution in [2.75, 3.05) is 6.54 Å². The van der Waals surface area contributed by atoms with Gasteiger partial charge in [-0.1, -0.05) is 45.9 Å². The summed E-state index contributed by atoms with van der Waals surface area (Å²) in [6, 6.07) is 8.21. The average molecular weight is 303 g/mol. The third-order valence-electron chi connectivity index (χ3n) is 4.26. The summed E-state index contributed by atoms with van der Waals surface area (Å²) >= 11 is 1.59. The molecule has 1 aromatic carbocycles. The molecule has 0 saturated heterocycles. The fourth-order valence-corrected chi connectivity index (χ4v) is 4.05. The van der Waals surface area contributed by atoms with E-state index in [2.05, 4.69) is 45.1 Å². The summed E-state index contributed by atoms with van der Waals surface area (Å²) in [5.41, 5.74) is 1.10. The fraction of sp³-hybridized carbons (Fsp3) is 0.500. The topological polar surface area (TPSA) is 29.1 Å². The van der Waals surface area contributed by atoms with Gasteiger partial charge in [0.15, 0.2) is 0 Å². The zero-order chi connectivity index (χ0) is 15.6. The average Bonchev–Trinajstić information content (AvgIpc) is 2.76. The highest BCUT2D eigenvalue weighted by molar-refractivity contribution is 7.21. The van der Waals surface area contributed by atoms with Crippen molar-refractivity contribution in [3.05, 3.63) is 34.7 Å². The van der Waals surface area contributed by atoms with Gasteiger partial charge in [-0.25, -0.2) is 0 Å². The summed E-state index contributed by atoms with van der Waals surface area (Å²) in [4.78, 5) is 13.3. The summed E-state index contributed by atoms with van der Waals surface area (Å²) in [6.45, 7) is 11.7. The van der Waals surface area contributed by atoms with Crippen molar-refractivity contribution < 1.29 is 4.79 Å². The fourth-order valence-electron chi connectivity index (χ4n) is 2.92. The van der Waals surface area contributed by atoms with Gasteiger partial charge in [-0.15, -0.1) is 11.3 Å². The number of amides is 1. The van der Waals surface area contributed by atoms with Gasteiger partial charge in [0.2, 0.25) is 0 Å². The van der Waals surface area contributed by atoms with Crippen molar-refractivity contribution in [1.82, 2.24) is 5.32 Å². The van der Waals surface area contributed by atoms with Crippen LogP contribution in [0.5, 0.6) is 0 Å². The second-order valence-electron chi connectivity index (χ2n) is 6.41. The number of carbonyl (C=O) groups excluding carboxylic acids is 1. The Hall–Kier alpha value is -1.35. The summed E-state index contributed by atoms with van der Waals surface area (Å²) in [7, 11) is 0. The lowest BCUT2D eigenvalue weighted by Gasteiger charge is -2.25. The molecule has 0 saturated carbocycles. The van der Waals surface area contributed by atoms with Crippen LogP contribution in [-0.4, -0.2) is 12.5 Å². The van der Waals surface area contributed by atoms with E-state index >= 15 is 0 Å². The molecule has 1 amide bonds. The van der Waals surface area contributed by atoms with Crippen LogP contribution in [0.1, 0.15) is 42.9 Å². The highest BCUT2D eigenvalue weighted by Gasteiger charge is 2.20. The Kier molecular flexibility index (Phi) is 5.04. The maximum absolute atomic E-state index is 12.5. The van der Waals surface area contributed by atoms with Gasteiger partial charge < -0.3 is 5.32 Å². The lowest BCUT2D eigenvalue weighted by molar-refractivity contribution is 0.0941. The molecule has 2 rings (SSSR count). The minimum atomic E-state index is 0.0694. The number of carbonyl (C=O) groups is 1. The molecule has 0 fully saturated rings. The van der Waals surface area contributed by atoms with Gasteiger partial charge in [-0.3, -0.25) is 4.79 Å². The molecular formula is C18H25NOS. The predicted molar refractivity (Wildman–Crippen MR) is 92.1 cm³/mol. The van der Waals surface area contributed by atoms with Crippen molar-refractivity contribution in [2.45, 2.75) is 34.6 Å². The second kappa shape index (κ2) is 6.61. The van der Waals surface area contributed by atoms with Crippen LogP contribution in [0, 0.1) is 24.7 Å². The molecule has 1 heterocycles. The van der Waals surface area contributed by atoms with Crippen LogP contribution in [0.25, 0.3) is 10.1 Å². The third kappa shape index (κ3) is 3.46. The number of aryl methyl sites for hydroxylation is 1. The number of hydrogen-bond donors (Lipinski definition) is 1. The van der Waals surface area contributed by atoms with E-state index in [1.807, 2.05) is 19.1 Å². The molecule has 0 radical (unpaired) electrons. The molecule has 2 nitrogen and oxygen atoms in total. The van der Waals surface area contributed by atoms with E-state index in [0.29, 0.717) is 17.8 Å². The van der Waals surface area contributed by atoms with Crippen molar-refractivity contribution in [1.29, 1.82) is 0 Å². The lowest BCUT2D eigenvalue weighted by Crippen LogP contribution is -2.33. The smallest absolute Gasteiger partial charge is 0.261 e. The molecule has 0 aliphatic heterocycles. The molecule has 0 aliphatic rings. The number of fused-ring (bicyclic) bond motifs is 1. The third-order valence-corrected chi connectivity index (χ3v) is 5.53. The van der Waals surface area contributed by atoms with Crippen LogP contribution in [0.15, 0.2) is 24.3 Å². The van der Waals surface area contributed by atoms with Crippen LogP contribution in [0.2, 0.25) is 0 Å². The van der Waals surface area contributed by atoms with E-state index in [1.54, 1.807) is 11.3 Å². The molecule has 0 unspecified atom stereocenters. The first-order chi connectivity index (χ1) is 9.91. The number of hydrogen-bond acceptors (Lipinski definition) is 2. The Balaban J connectivity index is 2.14. The Labute approximate surface area is 131 Å². The minimum Gasteiger partial charge on any atom is -0.351 e. The Morgan fingerprint density at radius 1 is 1.14 bits per heavy atom. The second-order valence-corrected chi connectivity index (χ2v) is 7.47. The van der Waals surface area contributed by atoms with Crippen LogP contribution in [0.4, 0.5) is 0 Å². The zero-order valence-electron chi connectivity index (χ0n) is 13.6. The van der Waals surface area contributed by atoms with Crippen molar-refractivity contribution in [3.8, 4) is 0 Å². The molecule has 3 heteroatoms. The number of thiophene rings is 1. The number of rotatable bonds is 5. The van der Waals surface area contributed by atoms with E-state index < -0.39 is 0 Å². The van der Waals surface area contributed by atoms with Crippen LogP contribution in [0.3, 0.4) is 0 Å². The van der Waals surface area contributed by atoms with Crippen LogP contribution in [-0.2, 0) is 0 Å². The molecule has 1 aromatic heterocycles. The molecule has 0 atom stereocenters. The molecule has 0 spiro atoms. The van der Waals surface area contributed by atoms with E-state index in [1.165, 1.54) is 10.1 Å². The molecule has 1 N–H and O–H groups in total. The van der Waals surface area contributed by atoms with Gasteiger partial charge in [0.05, 0.1) is 4.88 Å². The Morgan fingerprint density at radius 3 is 2.33 bits per heavy atom. The quantitative estimate of drug-likeness (QED) is 0.839. The van der Waals surface area contributed by atoms with Crippen molar-refractivity contribution in [3.63, 3.8) is 0 Å². The minimum absolute atomic E-state index is 0.0694. The number of nitrogens with one attached hydrogen (secondary N) is 1. The Bertz CT molecular complexity index is 619. The lowest BCUT2D eigenvalue weighted by atomic mass is 9.85. The highest BCUT2D eigenvalue weighted by Crippen LogP contribution is 2.30. The number of benzene rings is 1. The highest BCUT2D eigenvalue weighted by atomic mass is 32.1. The van der Waals surface area contributed by atoms with Crippen LogP contribution < -0.4 is 5.32 Å². The first-order valence-corrected chi connectivity index (χ1v) is 8.49. The molecule has 0 bridgehead atoms. The molecular weight excluding hydrogens is 278 g/mol. The van der Waals surface area contributed by atoms with E-state index in [0.717, 1.165) is 17.0 Å². The molecule has 114 valence electrons. The van der Waals surface area contributed by atoms with E-state index in [4.69, 9.17) is 0 Å².